The molecule has 2 heterocycles. The molecule has 4 rings (SSSR count). The van der Waals surface area contributed by atoms with Crippen LogP contribution in [0.2, 0.25) is 0 Å². The van der Waals surface area contributed by atoms with E-state index < -0.39 is 9.84 Å². The van der Waals surface area contributed by atoms with Gasteiger partial charge >= 0.3 is 0 Å². The van der Waals surface area contributed by atoms with E-state index in [-0.39, 0.29) is 10.8 Å². The molecule has 34 heavy (non-hydrogen) atoms. The van der Waals surface area contributed by atoms with Crippen molar-refractivity contribution in [2.24, 2.45) is 0 Å². The molecule has 0 atom stereocenters. The maximum atomic E-state index is 12.3. The van der Waals surface area contributed by atoms with Gasteiger partial charge in [0.2, 0.25) is 5.95 Å². The molecule has 0 fully saturated rings. The van der Waals surface area contributed by atoms with Gasteiger partial charge in [-0.2, -0.15) is 4.98 Å². The van der Waals surface area contributed by atoms with Gasteiger partial charge in [-0.1, -0.05) is 18.2 Å². The summed E-state index contributed by atoms with van der Waals surface area (Å²) in [5, 5.41) is 10.6. The predicted octanol–water partition coefficient (Wildman–Crippen LogP) is 2.83. The summed E-state index contributed by atoms with van der Waals surface area (Å²) in [6.07, 6.45) is 1.18. The lowest BCUT2D eigenvalue weighted by atomic mass is 10.1. The standard InChI is InChI=1S/C24H26N6O3S/c1-29(2)15-14-25-23(31)17-10-12-19(13-11-17)26-24-27-22-9-5-8-21(30(22)28-24)18-6-4-7-20(16-18)34(3,32)33/h4-13,16H,14-15H2,1-3H3,(H,25,31)(H,26,28). The highest BCUT2D eigenvalue weighted by molar-refractivity contribution is 7.90. The lowest BCUT2D eigenvalue weighted by molar-refractivity contribution is 0.0951. The molecule has 0 unspecified atom stereocenters. The highest BCUT2D eigenvalue weighted by atomic mass is 32.2. The number of rotatable bonds is 8. The molecule has 176 valence electrons. The van der Waals surface area contributed by atoms with Gasteiger partial charge in [0.1, 0.15) is 0 Å². The first-order valence-corrected chi connectivity index (χ1v) is 12.6. The van der Waals surface area contributed by atoms with E-state index in [1.165, 1.54) is 6.26 Å². The van der Waals surface area contributed by atoms with Crippen LogP contribution in [0.4, 0.5) is 11.6 Å². The summed E-state index contributed by atoms with van der Waals surface area (Å²) in [5.74, 6) is 0.259. The smallest absolute Gasteiger partial charge is 0.251 e. The molecule has 2 N–H and O–H groups in total. The molecule has 0 saturated carbocycles. The number of carbonyl (C=O) groups is 1. The van der Waals surface area contributed by atoms with E-state index >= 15 is 0 Å². The zero-order chi connectivity index (χ0) is 24.3. The van der Waals surface area contributed by atoms with Crippen LogP contribution < -0.4 is 10.6 Å². The average molecular weight is 479 g/mol. The van der Waals surface area contributed by atoms with Gasteiger partial charge in [-0.15, -0.1) is 5.10 Å². The maximum absolute atomic E-state index is 12.3. The number of hydrogen-bond donors (Lipinski definition) is 2. The lowest BCUT2D eigenvalue weighted by Crippen LogP contribution is -2.31. The molecule has 0 bridgehead atoms. The highest BCUT2D eigenvalue weighted by Gasteiger charge is 2.13. The fraction of sp³-hybridized carbons (Fsp3) is 0.208. The summed E-state index contributed by atoms with van der Waals surface area (Å²) in [5.41, 5.74) is 3.35. The molecule has 4 aromatic rings. The highest BCUT2D eigenvalue weighted by Crippen LogP contribution is 2.24. The molecule has 0 aliphatic heterocycles. The number of benzene rings is 2. The second-order valence-corrected chi connectivity index (χ2v) is 10.2. The fourth-order valence-corrected chi connectivity index (χ4v) is 4.06. The summed E-state index contributed by atoms with van der Waals surface area (Å²) in [4.78, 5) is 19.0. The molecule has 9 nitrogen and oxygen atoms in total. The van der Waals surface area contributed by atoms with Crippen molar-refractivity contribution in [1.29, 1.82) is 0 Å². The monoisotopic (exact) mass is 478 g/mol. The van der Waals surface area contributed by atoms with Crippen LogP contribution in [0, 0.1) is 0 Å². The largest absolute Gasteiger partial charge is 0.351 e. The Labute approximate surface area is 198 Å². The molecular weight excluding hydrogens is 452 g/mol. The van der Waals surface area contributed by atoms with E-state index in [1.54, 1.807) is 47.0 Å². The first-order valence-electron chi connectivity index (χ1n) is 10.7. The SMILES string of the molecule is CN(C)CCNC(=O)c1ccc(Nc2nc3cccc(-c4cccc(S(C)(=O)=O)c4)n3n2)cc1. The van der Waals surface area contributed by atoms with Gasteiger partial charge in [0, 0.05) is 36.2 Å². The topological polar surface area (TPSA) is 109 Å². The molecule has 0 aliphatic rings. The number of pyridine rings is 1. The van der Waals surface area contributed by atoms with Crippen LogP contribution in [-0.2, 0) is 9.84 Å². The minimum Gasteiger partial charge on any atom is -0.351 e. The number of fused-ring (bicyclic) bond motifs is 1. The Kier molecular flexibility index (Phi) is 6.62. The Morgan fingerprint density at radius 1 is 1.03 bits per heavy atom. The summed E-state index contributed by atoms with van der Waals surface area (Å²) < 4.78 is 25.6. The van der Waals surface area contributed by atoms with Crippen LogP contribution >= 0.6 is 0 Å². The van der Waals surface area contributed by atoms with Gasteiger partial charge in [-0.25, -0.2) is 12.9 Å². The van der Waals surface area contributed by atoms with Gasteiger partial charge in [0.05, 0.1) is 10.6 Å². The Morgan fingerprint density at radius 2 is 1.76 bits per heavy atom. The summed E-state index contributed by atoms with van der Waals surface area (Å²) in [6.45, 7) is 1.35. The summed E-state index contributed by atoms with van der Waals surface area (Å²) in [6, 6.07) is 19.3. The van der Waals surface area contributed by atoms with E-state index in [1.807, 2.05) is 43.3 Å². The van der Waals surface area contributed by atoms with Crippen LogP contribution in [0.5, 0.6) is 0 Å². The van der Waals surface area contributed by atoms with Crippen molar-refractivity contribution in [3.63, 3.8) is 0 Å². The number of carbonyl (C=O) groups excluding carboxylic acids is 1. The van der Waals surface area contributed by atoms with Crippen LogP contribution in [0.3, 0.4) is 0 Å². The van der Waals surface area contributed by atoms with Crippen molar-refractivity contribution in [1.82, 2.24) is 24.8 Å². The van der Waals surface area contributed by atoms with Gasteiger partial charge in [-0.05, 0) is 62.6 Å². The minimum absolute atomic E-state index is 0.125. The third kappa shape index (κ3) is 5.41. The van der Waals surface area contributed by atoms with Crippen molar-refractivity contribution < 1.29 is 13.2 Å². The Morgan fingerprint density at radius 3 is 2.47 bits per heavy atom. The quantitative estimate of drug-likeness (QED) is 0.401. The van der Waals surface area contributed by atoms with Gasteiger partial charge in [0.15, 0.2) is 15.5 Å². The molecule has 10 heteroatoms. The first-order chi connectivity index (χ1) is 16.2. The Balaban J connectivity index is 1.54. The maximum Gasteiger partial charge on any atom is 0.251 e. The van der Waals surface area contributed by atoms with Gasteiger partial charge < -0.3 is 15.5 Å². The number of aromatic nitrogens is 3. The number of nitrogens with zero attached hydrogens (tertiary/aromatic N) is 4. The third-order valence-corrected chi connectivity index (χ3v) is 6.28. The summed E-state index contributed by atoms with van der Waals surface area (Å²) in [7, 11) is 0.579. The molecule has 2 aromatic heterocycles. The van der Waals surface area contributed by atoms with E-state index in [0.29, 0.717) is 29.4 Å². The number of nitrogens with one attached hydrogen (secondary N) is 2. The van der Waals surface area contributed by atoms with E-state index in [2.05, 4.69) is 20.7 Å². The second-order valence-electron chi connectivity index (χ2n) is 8.18. The number of sulfone groups is 1. The second kappa shape index (κ2) is 9.62. The first kappa shape index (κ1) is 23.4. The molecule has 0 saturated heterocycles. The average Bonchev–Trinajstić information content (AvgIpc) is 3.21. The van der Waals surface area contributed by atoms with Crippen molar-refractivity contribution in [3.8, 4) is 11.3 Å². The van der Waals surface area contributed by atoms with Crippen molar-refractivity contribution >= 4 is 33.0 Å². The Bertz CT molecular complexity index is 1430. The lowest BCUT2D eigenvalue weighted by Gasteiger charge is -2.10. The molecule has 0 spiro atoms. The predicted molar refractivity (Wildman–Crippen MR) is 132 cm³/mol. The summed E-state index contributed by atoms with van der Waals surface area (Å²) >= 11 is 0. The number of amides is 1. The van der Waals surface area contributed by atoms with Gasteiger partial charge in [0.25, 0.3) is 5.91 Å². The molecule has 2 aromatic carbocycles. The van der Waals surface area contributed by atoms with Crippen LogP contribution in [0.15, 0.2) is 71.6 Å². The zero-order valence-corrected chi connectivity index (χ0v) is 20.0. The van der Waals surface area contributed by atoms with E-state index in [0.717, 1.165) is 17.8 Å². The molecule has 1 amide bonds. The minimum atomic E-state index is -3.33. The van der Waals surface area contributed by atoms with Crippen molar-refractivity contribution in [2.75, 3.05) is 38.8 Å². The van der Waals surface area contributed by atoms with E-state index in [9.17, 15) is 13.2 Å². The van der Waals surface area contributed by atoms with Crippen LogP contribution in [0.25, 0.3) is 16.9 Å². The van der Waals surface area contributed by atoms with Gasteiger partial charge in [-0.3, -0.25) is 4.79 Å². The molecular formula is C24H26N6O3S. The zero-order valence-electron chi connectivity index (χ0n) is 19.2. The van der Waals surface area contributed by atoms with Crippen molar-refractivity contribution in [2.45, 2.75) is 4.90 Å². The molecule has 0 radical (unpaired) electrons. The molecule has 0 aliphatic carbocycles. The van der Waals surface area contributed by atoms with Crippen molar-refractivity contribution in [3.05, 3.63) is 72.3 Å². The van der Waals surface area contributed by atoms with Crippen LogP contribution in [-0.4, -0.2) is 67.3 Å². The number of anilines is 2. The number of hydrogen-bond acceptors (Lipinski definition) is 7. The third-order valence-electron chi connectivity index (χ3n) is 5.17. The Hall–Kier alpha value is -3.76. The fourth-order valence-electron chi connectivity index (χ4n) is 3.39. The van der Waals surface area contributed by atoms with Crippen LogP contribution in [0.1, 0.15) is 10.4 Å². The number of likely N-dealkylation sites (N-methyl/N-ethyl adjacent to an activating group) is 1. The van der Waals surface area contributed by atoms with E-state index in [4.69, 9.17) is 0 Å². The normalized spacial score (nSPS) is 11.6.